The lowest BCUT2D eigenvalue weighted by molar-refractivity contribution is -0.140. The van der Waals surface area contributed by atoms with E-state index in [1.165, 1.54) is 17.0 Å². The molecule has 2 amide bonds. The van der Waals surface area contributed by atoms with Gasteiger partial charge in [0, 0.05) is 12.6 Å². The van der Waals surface area contributed by atoms with Gasteiger partial charge in [-0.15, -0.1) is 0 Å². The molecule has 0 unspecified atom stereocenters. The van der Waals surface area contributed by atoms with Gasteiger partial charge in [0.25, 0.3) is 10.0 Å². The van der Waals surface area contributed by atoms with Crippen molar-refractivity contribution in [3.8, 4) is 11.5 Å². The normalized spacial score (nSPS) is 12.6. The summed E-state index contributed by atoms with van der Waals surface area (Å²) in [4.78, 5) is 29.2. The van der Waals surface area contributed by atoms with Crippen molar-refractivity contribution in [1.29, 1.82) is 0 Å². The molecule has 0 heterocycles. The number of amides is 2. The summed E-state index contributed by atoms with van der Waals surface area (Å²) in [5.41, 5.74) is 1.91. The van der Waals surface area contributed by atoms with Crippen LogP contribution in [-0.2, 0) is 26.2 Å². The van der Waals surface area contributed by atoms with E-state index in [4.69, 9.17) is 9.47 Å². The lowest BCUT2D eigenvalue weighted by atomic mass is 10.1. The minimum atomic E-state index is -4.21. The van der Waals surface area contributed by atoms with E-state index < -0.39 is 28.5 Å². The average molecular weight is 610 g/mol. The Morgan fingerprint density at radius 3 is 2.14 bits per heavy atom. The summed E-state index contributed by atoms with van der Waals surface area (Å²) in [5, 5.41) is 2.99. The van der Waals surface area contributed by atoms with Gasteiger partial charge >= 0.3 is 0 Å². The Kier molecular flexibility index (Phi) is 12.0. The Hall–Kier alpha value is -4.05. The summed E-state index contributed by atoms with van der Waals surface area (Å²) in [7, 11) is -2.64. The molecular weight excluding hydrogens is 566 g/mol. The zero-order chi connectivity index (χ0) is 31.6. The molecule has 0 aliphatic heterocycles. The van der Waals surface area contributed by atoms with Gasteiger partial charge in [-0.2, -0.15) is 0 Å². The molecule has 3 aromatic carbocycles. The number of methoxy groups -OCH3 is 1. The van der Waals surface area contributed by atoms with Gasteiger partial charge in [0.1, 0.15) is 24.1 Å². The van der Waals surface area contributed by atoms with Crippen LogP contribution < -0.4 is 19.1 Å². The van der Waals surface area contributed by atoms with Gasteiger partial charge in [0.2, 0.25) is 11.8 Å². The molecule has 43 heavy (non-hydrogen) atoms. The Morgan fingerprint density at radius 1 is 0.907 bits per heavy atom. The number of benzene rings is 3. The van der Waals surface area contributed by atoms with Gasteiger partial charge < -0.3 is 19.7 Å². The molecule has 2 atom stereocenters. The molecule has 0 aliphatic rings. The number of sulfonamides is 1. The van der Waals surface area contributed by atoms with Crippen molar-refractivity contribution in [2.75, 3.05) is 24.6 Å². The number of ether oxygens (including phenoxy) is 2. The van der Waals surface area contributed by atoms with Gasteiger partial charge in [0.15, 0.2) is 0 Å². The van der Waals surface area contributed by atoms with Crippen molar-refractivity contribution in [2.24, 2.45) is 0 Å². The molecule has 0 spiro atoms. The van der Waals surface area contributed by atoms with E-state index in [0.29, 0.717) is 24.5 Å². The SMILES string of the molecule is CCOc1ccccc1N(CC(=O)N(Cc1ccc(OC)cc1)[C@H](CC)C(=O)N[C@@H](C)CC)S(=O)(=O)c1ccc(C)cc1. The standard InChI is InChI=1S/C33H43N3O6S/c1-7-25(5)34-33(38)29(8-2)35(22-26-16-18-27(41-6)19-17-26)32(37)23-36(30-12-10-11-13-31(30)42-9-3)43(39,40)28-20-14-24(4)15-21-28/h10-21,25,29H,7-9,22-23H2,1-6H3,(H,34,38)/t25-,29+/m0/s1. The molecule has 0 fully saturated rings. The van der Waals surface area contributed by atoms with Crippen LogP contribution in [0.1, 0.15) is 51.7 Å². The first kappa shape index (κ1) is 33.5. The van der Waals surface area contributed by atoms with Crippen LogP contribution in [0, 0.1) is 6.92 Å². The Bertz CT molecular complexity index is 1460. The number of carbonyl (C=O) groups is 2. The van der Waals surface area contributed by atoms with Gasteiger partial charge in [-0.3, -0.25) is 13.9 Å². The maximum absolute atomic E-state index is 14.3. The van der Waals surface area contributed by atoms with Crippen LogP contribution in [0.15, 0.2) is 77.7 Å². The number of para-hydroxylation sites is 2. The van der Waals surface area contributed by atoms with Crippen LogP contribution in [-0.4, -0.2) is 57.5 Å². The van der Waals surface area contributed by atoms with E-state index in [0.717, 1.165) is 21.9 Å². The number of nitrogens with one attached hydrogen (secondary N) is 1. The Morgan fingerprint density at radius 2 is 1.56 bits per heavy atom. The van der Waals surface area contributed by atoms with E-state index in [9.17, 15) is 18.0 Å². The summed E-state index contributed by atoms with van der Waals surface area (Å²) in [6.45, 7) is 9.25. The van der Waals surface area contributed by atoms with Crippen LogP contribution in [0.25, 0.3) is 0 Å². The predicted molar refractivity (Wildman–Crippen MR) is 169 cm³/mol. The van der Waals surface area contributed by atoms with E-state index in [1.54, 1.807) is 62.6 Å². The largest absolute Gasteiger partial charge is 0.497 e. The lowest BCUT2D eigenvalue weighted by Crippen LogP contribution is -2.53. The summed E-state index contributed by atoms with van der Waals surface area (Å²) >= 11 is 0. The molecule has 1 N–H and O–H groups in total. The molecule has 232 valence electrons. The molecule has 9 nitrogen and oxygen atoms in total. The van der Waals surface area contributed by atoms with Crippen LogP contribution in [0.3, 0.4) is 0 Å². The maximum atomic E-state index is 14.3. The monoisotopic (exact) mass is 609 g/mol. The number of aryl methyl sites for hydroxylation is 1. The van der Waals surface area contributed by atoms with Crippen molar-refractivity contribution in [3.05, 3.63) is 83.9 Å². The fourth-order valence-electron chi connectivity index (χ4n) is 4.58. The van der Waals surface area contributed by atoms with Crippen molar-refractivity contribution < 1.29 is 27.5 Å². The highest BCUT2D eigenvalue weighted by atomic mass is 32.2. The number of nitrogens with zero attached hydrogens (tertiary/aromatic N) is 2. The molecule has 0 radical (unpaired) electrons. The molecular formula is C33H43N3O6S. The van der Waals surface area contributed by atoms with Gasteiger partial charge in [-0.1, -0.05) is 55.8 Å². The van der Waals surface area contributed by atoms with E-state index in [2.05, 4.69) is 5.32 Å². The number of hydrogen-bond acceptors (Lipinski definition) is 6. The smallest absolute Gasteiger partial charge is 0.264 e. The predicted octanol–water partition coefficient (Wildman–Crippen LogP) is 5.32. The molecule has 0 saturated heterocycles. The fourth-order valence-corrected chi connectivity index (χ4v) is 6.00. The maximum Gasteiger partial charge on any atom is 0.264 e. The van der Waals surface area contributed by atoms with Crippen LogP contribution in [0.5, 0.6) is 11.5 Å². The highest BCUT2D eigenvalue weighted by Crippen LogP contribution is 2.33. The molecule has 3 rings (SSSR count). The zero-order valence-electron chi connectivity index (χ0n) is 25.9. The Labute approximate surface area is 255 Å². The molecule has 10 heteroatoms. The van der Waals surface area contributed by atoms with Crippen LogP contribution in [0.4, 0.5) is 5.69 Å². The van der Waals surface area contributed by atoms with Crippen molar-refractivity contribution in [3.63, 3.8) is 0 Å². The lowest BCUT2D eigenvalue weighted by Gasteiger charge is -2.34. The second kappa shape index (κ2) is 15.4. The second-order valence-corrected chi connectivity index (χ2v) is 12.2. The van der Waals surface area contributed by atoms with Crippen molar-refractivity contribution in [2.45, 2.75) is 71.0 Å². The number of hydrogen-bond donors (Lipinski definition) is 1. The molecule has 0 saturated carbocycles. The first-order valence-corrected chi connectivity index (χ1v) is 16.0. The molecule has 3 aromatic rings. The summed E-state index contributed by atoms with van der Waals surface area (Å²) < 4.78 is 40.4. The van der Waals surface area contributed by atoms with Gasteiger partial charge in [0.05, 0.1) is 24.3 Å². The highest BCUT2D eigenvalue weighted by molar-refractivity contribution is 7.92. The number of anilines is 1. The third-order valence-corrected chi connectivity index (χ3v) is 8.99. The van der Waals surface area contributed by atoms with Crippen molar-refractivity contribution >= 4 is 27.5 Å². The van der Waals surface area contributed by atoms with Gasteiger partial charge in [-0.25, -0.2) is 8.42 Å². The number of carbonyl (C=O) groups excluding carboxylic acids is 2. The molecule has 0 aromatic heterocycles. The van der Waals surface area contributed by atoms with Gasteiger partial charge in [-0.05, 0) is 75.6 Å². The third-order valence-electron chi connectivity index (χ3n) is 7.22. The first-order valence-electron chi connectivity index (χ1n) is 14.6. The first-order chi connectivity index (χ1) is 20.5. The highest BCUT2D eigenvalue weighted by Gasteiger charge is 2.35. The second-order valence-electron chi connectivity index (χ2n) is 10.3. The number of rotatable bonds is 15. The van der Waals surface area contributed by atoms with Crippen LogP contribution in [0.2, 0.25) is 0 Å². The average Bonchev–Trinajstić information content (AvgIpc) is 3.00. The quantitative estimate of drug-likeness (QED) is 0.250. The zero-order valence-corrected chi connectivity index (χ0v) is 26.7. The summed E-state index contributed by atoms with van der Waals surface area (Å²) in [6, 6.07) is 19.5. The summed E-state index contributed by atoms with van der Waals surface area (Å²) in [5.74, 6) is 0.174. The van der Waals surface area contributed by atoms with E-state index in [1.807, 2.05) is 39.8 Å². The third kappa shape index (κ3) is 8.50. The molecule has 0 bridgehead atoms. The minimum Gasteiger partial charge on any atom is -0.497 e. The Balaban J connectivity index is 2.10. The molecule has 0 aliphatic carbocycles. The topological polar surface area (TPSA) is 105 Å². The van der Waals surface area contributed by atoms with Crippen molar-refractivity contribution in [1.82, 2.24) is 10.2 Å². The van der Waals surface area contributed by atoms with Crippen LogP contribution >= 0.6 is 0 Å². The van der Waals surface area contributed by atoms with E-state index in [-0.39, 0.29) is 29.1 Å². The minimum absolute atomic E-state index is 0.0421. The fraction of sp³-hybridized carbons (Fsp3) is 0.394. The van der Waals surface area contributed by atoms with E-state index >= 15 is 0 Å². The summed E-state index contributed by atoms with van der Waals surface area (Å²) in [6.07, 6.45) is 1.07.